The molecule has 0 N–H and O–H groups in total. The molecule has 3 nitrogen and oxygen atoms in total. The predicted molar refractivity (Wildman–Crippen MR) is 123 cm³/mol. The van der Waals surface area contributed by atoms with E-state index in [1.807, 2.05) is 106 Å². The number of halogens is 1. The minimum absolute atomic E-state index is 0.355. The largest absolute Gasteiger partial charge is 0.458 e. The zero-order valence-electron chi connectivity index (χ0n) is 17.5. The number of hydrogen-bond donors (Lipinski definition) is 0. The number of carbonyl (C=O) groups excluding carboxylic acids is 1. The van der Waals surface area contributed by atoms with Gasteiger partial charge in [-0.05, 0) is 38.5 Å². The maximum absolute atomic E-state index is 13.1. The molecule has 0 bridgehead atoms. The molecule has 4 heteroatoms. The van der Waals surface area contributed by atoms with Crippen LogP contribution in [0.25, 0.3) is 0 Å². The van der Waals surface area contributed by atoms with Gasteiger partial charge in [0.15, 0.2) is 6.04 Å². The molecule has 3 rings (SSSR count). The van der Waals surface area contributed by atoms with Crippen molar-refractivity contribution in [1.82, 2.24) is 0 Å². The van der Waals surface area contributed by atoms with Gasteiger partial charge in [0, 0.05) is 22.6 Å². The van der Waals surface area contributed by atoms with Crippen molar-refractivity contribution in [2.75, 3.05) is 0 Å². The first-order valence-electron chi connectivity index (χ1n) is 9.98. The lowest BCUT2D eigenvalue weighted by molar-refractivity contribution is -0.156. The summed E-state index contributed by atoms with van der Waals surface area (Å²) in [4.78, 5) is 18.0. The van der Waals surface area contributed by atoms with Crippen LogP contribution in [0.3, 0.4) is 0 Å². The normalized spacial score (nSPS) is 12.1. The van der Waals surface area contributed by atoms with Crippen LogP contribution in [0.2, 0.25) is 5.02 Å². The molecule has 0 aromatic heterocycles. The molecule has 3 aromatic rings. The smallest absolute Gasteiger partial charge is 0.331 e. The third kappa shape index (κ3) is 6.30. The summed E-state index contributed by atoms with van der Waals surface area (Å²) in [5.74, 6) is -0.355. The minimum Gasteiger partial charge on any atom is -0.458 e. The molecule has 0 heterocycles. The second-order valence-electron chi connectivity index (χ2n) is 8.09. The molecule has 0 radical (unpaired) electrons. The number of esters is 1. The van der Waals surface area contributed by atoms with E-state index in [-0.39, 0.29) is 5.97 Å². The lowest BCUT2D eigenvalue weighted by Gasteiger charge is -2.23. The van der Waals surface area contributed by atoms with Crippen molar-refractivity contribution in [3.8, 4) is 0 Å². The van der Waals surface area contributed by atoms with Crippen molar-refractivity contribution < 1.29 is 9.53 Å². The van der Waals surface area contributed by atoms with Crippen molar-refractivity contribution in [1.29, 1.82) is 0 Å². The summed E-state index contributed by atoms with van der Waals surface area (Å²) in [5, 5.41) is 0.630. The molecule has 0 spiro atoms. The van der Waals surface area contributed by atoms with Gasteiger partial charge >= 0.3 is 5.97 Å². The van der Waals surface area contributed by atoms with Crippen molar-refractivity contribution in [2.24, 2.45) is 4.99 Å². The van der Waals surface area contributed by atoms with E-state index in [4.69, 9.17) is 21.3 Å². The first-order valence-corrected chi connectivity index (χ1v) is 10.4. The third-order valence-corrected chi connectivity index (χ3v) is 4.61. The predicted octanol–water partition coefficient (Wildman–Crippen LogP) is 6.13. The summed E-state index contributed by atoms with van der Waals surface area (Å²) >= 11 is 6.16. The van der Waals surface area contributed by atoms with E-state index in [1.54, 1.807) is 0 Å². The molecule has 154 valence electrons. The number of benzene rings is 3. The molecule has 0 aliphatic carbocycles. The fourth-order valence-electron chi connectivity index (χ4n) is 3.10. The molecule has 0 unspecified atom stereocenters. The topological polar surface area (TPSA) is 38.7 Å². The van der Waals surface area contributed by atoms with E-state index in [2.05, 4.69) is 0 Å². The lowest BCUT2D eigenvalue weighted by Crippen LogP contribution is -2.33. The SMILES string of the molecule is CC(C)(C)OC(=O)[C@H](Cc1cccc(Cl)c1)N=C(c1ccccc1)c1ccccc1. The third-order valence-electron chi connectivity index (χ3n) is 4.38. The number of rotatable bonds is 6. The monoisotopic (exact) mass is 419 g/mol. The molecule has 0 saturated heterocycles. The Balaban J connectivity index is 2.06. The molecule has 0 aliphatic heterocycles. The Morgan fingerprint density at radius 3 is 1.97 bits per heavy atom. The second-order valence-corrected chi connectivity index (χ2v) is 8.53. The maximum atomic E-state index is 13.1. The second kappa shape index (κ2) is 9.73. The highest BCUT2D eigenvalue weighted by molar-refractivity contribution is 6.30. The Bertz CT molecular complexity index is 966. The summed E-state index contributed by atoms with van der Waals surface area (Å²) in [6.45, 7) is 5.58. The average Bonchev–Trinajstić information content (AvgIpc) is 2.71. The van der Waals surface area contributed by atoms with E-state index >= 15 is 0 Å². The number of ether oxygens (including phenoxy) is 1. The fraction of sp³-hybridized carbons (Fsp3) is 0.231. The van der Waals surface area contributed by atoms with Crippen molar-refractivity contribution in [3.63, 3.8) is 0 Å². The van der Waals surface area contributed by atoms with Crippen LogP contribution in [0.1, 0.15) is 37.5 Å². The van der Waals surface area contributed by atoms with Gasteiger partial charge < -0.3 is 4.74 Å². The van der Waals surface area contributed by atoms with Crippen molar-refractivity contribution in [3.05, 3.63) is 107 Å². The molecular formula is C26H26ClNO2. The summed E-state index contributed by atoms with van der Waals surface area (Å²) in [7, 11) is 0. The Morgan fingerprint density at radius 1 is 0.900 bits per heavy atom. The van der Waals surface area contributed by atoms with Crippen LogP contribution in [0.5, 0.6) is 0 Å². The first kappa shape index (κ1) is 21.8. The van der Waals surface area contributed by atoms with Crippen LogP contribution < -0.4 is 0 Å². The molecule has 3 aromatic carbocycles. The number of nitrogens with zero attached hydrogens (tertiary/aromatic N) is 1. The van der Waals surface area contributed by atoms with Gasteiger partial charge in [-0.1, -0.05) is 84.4 Å². The van der Waals surface area contributed by atoms with E-state index < -0.39 is 11.6 Å². The number of aliphatic imine (C=N–C) groups is 1. The molecule has 0 amide bonds. The van der Waals surface area contributed by atoms with E-state index in [0.717, 1.165) is 22.4 Å². The number of carbonyl (C=O) groups is 1. The van der Waals surface area contributed by atoms with Crippen molar-refractivity contribution in [2.45, 2.75) is 38.8 Å². The van der Waals surface area contributed by atoms with Crippen LogP contribution in [0.4, 0.5) is 0 Å². The average molecular weight is 420 g/mol. The highest BCUT2D eigenvalue weighted by Gasteiger charge is 2.26. The quantitative estimate of drug-likeness (QED) is 0.356. The van der Waals surface area contributed by atoms with Crippen molar-refractivity contribution >= 4 is 23.3 Å². The maximum Gasteiger partial charge on any atom is 0.331 e. The van der Waals surface area contributed by atoms with Crippen LogP contribution in [0.15, 0.2) is 89.9 Å². The van der Waals surface area contributed by atoms with Gasteiger partial charge in [0.1, 0.15) is 5.60 Å². The highest BCUT2D eigenvalue weighted by Crippen LogP contribution is 2.19. The standard InChI is InChI=1S/C26H26ClNO2/c1-26(2,3)30-25(29)23(18-19-11-10-16-22(27)17-19)28-24(20-12-6-4-7-13-20)21-14-8-5-9-15-21/h4-17,23H,18H2,1-3H3/t23-/m0/s1. The zero-order chi connectivity index (χ0) is 21.6. The number of hydrogen-bond acceptors (Lipinski definition) is 3. The van der Waals surface area contributed by atoms with Gasteiger partial charge in [-0.2, -0.15) is 0 Å². The van der Waals surface area contributed by atoms with Crippen LogP contribution in [0, 0.1) is 0 Å². The Kier molecular flexibility index (Phi) is 7.07. The van der Waals surface area contributed by atoms with E-state index in [1.165, 1.54) is 0 Å². The van der Waals surface area contributed by atoms with E-state index in [0.29, 0.717) is 11.4 Å². The van der Waals surface area contributed by atoms with Crippen LogP contribution in [-0.4, -0.2) is 23.3 Å². The summed E-state index contributed by atoms with van der Waals surface area (Å²) in [6.07, 6.45) is 0.401. The van der Waals surface area contributed by atoms with Gasteiger partial charge in [-0.15, -0.1) is 0 Å². The Hall–Kier alpha value is -2.91. The molecule has 0 aliphatic rings. The summed E-state index contributed by atoms with van der Waals surface area (Å²) in [6, 6.07) is 26.6. The summed E-state index contributed by atoms with van der Waals surface area (Å²) in [5.41, 5.74) is 2.99. The van der Waals surface area contributed by atoms with Gasteiger partial charge in [0.25, 0.3) is 0 Å². The highest BCUT2D eigenvalue weighted by atomic mass is 35.5. The lowest BCUT2D eigenvalue weighted by atomic mass is 10.0. The minimum atomic E-state index is -0.696. The van der Waals surface area contributed by atoms with Gasteiger partial charge in [-0.3, -0.25) is 4.99 Å². The van der Waals surface area contributed by atoms with E-state index in [9.17, 15) is 4.79 Å². The Morgan fingerprint density at radius 2 is 1.47 bits per heavy atom. The van der Waals surface area contributed by atoms with Gasteiger partial charge in [-0.25, -0.2) is 4.79 Å². The first-order chi connectivity index (χ1) is 14.3. The fourth-order valence-corrected chi connectivity index (χ4v) is 3.32. The molecule has 30 heavy (non-hydrogen) atoms. The van der Waals surface area contributed by atoms with Crippen LogP contribution >= 0.6 is 11.6 Å². The van der Waals surface area contributed by atoms with Gasteiger partial charge in [0.2, 0.25) is 0 Å². The molecule has 1 atom stereocenters. The Labute approximate surface area is 183 Å². The van der Waals surface area contributed by atoms with Crippen LogP contribution in [-0.2, 0) is 16.0 Å². The van der Waals surface area contributed by atoms with Gasteiger partial charge in [0.05, 0.1) is 5.71 Å². The zero-order valence-corrected chi connectivity index (χ0v) is 18.3. The molecular weight excluding hydrogens is 394 g/mol. The molecule has 0 saturated carbocycles. The summed E-state index contributed by atoms with van der Waals surface area (Å²) < 4.78 is 5.70. The molecule has 0 fully saturated rings.